The molecular weight excluding hydrogens is 404 g/mol. The second kappa shape index (κ2) is 12.0. The lowest BCUT2D eigenvalue weighted by atomic mass is 9.94. The Bertz CT molecular complexity index is 881. The normalized spacial score (nSPS) is 11.6. The Labute approximate surface area is 183 Å². The van der Waals surface area contributed by atoms with Gasteiger partial charge in [0.2, 0.25) is 0 Å². The highest BCUT2D eigenvalue weighted by atomic mass is 32.1. The van der Waals surface area contributed by atoms with Crippen LogP contribution in [0.2, 0.25) is 0 Å². The van der Waals surface area contributed by atoms with Gasteiger partial charge in [0, 0.05) is 24.5 Å². The van der Waals surface area contributed by atoms with Crippen molar-refractivity contribution < 1.29 is 23.7 Å². The third kappa shape index (κ3) is 6.77. The second-order valence-corrected chi connectivity index (χ2v) is 7.82. The molecule has 2 rings (SSSR count). The molecular formula is C22H32N2O5S. The van der Waals surface area contributed by atoms with Gasteiger partial charge in [-0.3, -0.25) is 4.79 Å². The lowest BCUT2D eigenvalue weighted by molar-refractivity contribution is -0.155. The van der Waals surface area contributed by atoms with Crippen LogP contribution >= 0.6 is 12.2 Å². The maximum absolute atomic E-state index is 11.8. The number of hydrogen-bond donors (Lipinski definition) is 1. The summed E-state index contributed by atoms with van der Waals surface area (Å²) >= 11 is 5.48. The maximum atomic E-state index is 11.8. The van der Waals surface area contributed by atoms with Crippen LogP contribution in [-0.2, 0) is 25.5 Å². The lowest BCUT2D eigenvalue weighted by Gasteiger charge is -2.19. The van der Waals surface area contributed by atoms with Crippen molar-refractivity contribution in [2.24, 2.45) is 11.1 Å². The Morgan fingerprint density at radius 3 is 2.37 bits per heavy atom. The number of aryl methyl sites for hydroxylation is 1. The summed E-state index contributed by atoms with van der Waals surface area (Å²) in [5.41, 5.74) is 5.93. The number of esters is 1. The fraction of sp³-hybridized carbons (Fsp3) is 0.545. The topological polar surface area (TPSA) is 84.9 Å². The molecule has 7 nitrogen and oxygen atoms in total. The van der Waals surface area contributed by atoms with Gasteiger partial charge in [-0.2, -0.15) is 0 Å². The second-order valence-electron chi connectivity index (χ2n) is 7.41. The molecule has 8 heteroatoms. The SMILES string of the molecule is CCn1c(=S)cc(OCCOCCOCCOC(=O)C(C)(C)CN)c2ccccc21. The van der Waals surface area contributed by atoms with Crippen LogP contribution in [0.25, 0.3) is 10.9 Å². The van der Waals surface area contributed by atoms with Crippen molar-refractivity contribution in [3.8, 4) is 5.75 Å². The first-order valence-electron chi connectivity index (χ1n) is 10.2. The molecule has 0 radical (unpaired) electrons. The predicted molar refractivity (Wildman–Crippen MR) is 119 cm³/mol. The molecule has 1 aromatic carbocycles. The number of para-hydroxylation sites is 1. The average Bonchev–Trinajstić information content (AvgIpc) is 2.74. The van der Waals surface area contributed by atoms with Crippen molar-refractivity contribution >= 4 is 29.1 Å². The van der Waals surface area contributed by atoms with E-state index in [1.165, 1.54) is 0 Å². The van der Waals surface area contributed by atoms with Gasteiger partial charge in [0.15, 0.2) is 0 Å². The molecule has 0 unspecified atom stereocenters. The number of nitrogens with zero attached hydrogens (tertiary/aromatic N) is 1. The van der Waals surface area contributed by atoms with E-state index in [9.17, 15) is 4.79 Å². The van der Waals surface area contributed by atoms with Crippen molar-refractivity contribution in [2.45, 2.75) is 27.3 Å². The molecule has 166 valence electrons. The quantitative estimate of drug-likeness (QED) is 0.293. The number of rotatable bonds is 13. The van der Waals surface area contributed by atoms with Crippen molar-refractivity contribution in [3.05, 3.63) is 35.0 Å². The summed E-state index contributed by atoms with van der Waals surface area (Å²) in [6, 6.07) is 9.94. The first-order valence-corrected chi connectivity index (χ1v) is 10.6. The van der Waals surface area contributed by atoms with Gasteiger partial charge < -0.3 is 29.2 Å². The summed E-state index contributed by atoms with van der Waals surface area (Å²) in [4.78, 5) is 11.8. The number of fused-ring (bicyclic) bond motifs is 1. The van der Waals surface area contributed by atoms with Crippen molar-refractivity contribution in [1.82, 2.24) is 4.57 Å². The number of hydrogen-bond acceptors (Lipinski definition) is 7. The van der Waals surface area contributed by atoms with Crippen LogP contribution in [-0.4, -0.2) is 56.7 Å². The molecule has 1 aromatic heterocycles. The van der Waals surface area contributed by atoms with E-state index in [-0.39, 0.29) is 19.1 Å². The Balaban J connectivity index is 1.64. The van der Waals surface area contributed by atoms with Crippen LogP contribution in [0.15, 0.2) is 30.3 Å². The number of benzene rings is 1. The molecule has 1 heterocycles. The van der Waals surface area contributed by atoms with Crippen molar-refractivity contribution in [3.63, 3.8) is 0 Å². The van der Waals surface area contributed by atoms with Gasteiger partial charge >= 0.3 is 5.97 Å². The zero-order valence-corrected chi connectivity index (χ0v) is 18.8. The van der Waals surface area contributed by atoms with E-state index in [0.717, 1.165) is 27.8 Å². The summed E-state index contributed by atoms with van der Waals surface area (Å²) in [6.45, 7) is 8.86. The Morgan fingerprint density at radius 1 is 1.07 bits per heavy atom. The van der Waals surface area contributed by atoms with E-state index in [2.05, 4.69) is 11.5 Å². The molecule has 0 aliphatic heterocycles. The molecule has 0 spiro atoms. The molecule has 0 saturated heterocycles. The molecule has 2 N–H and O–H groups in total. The molecule has 0 bridgehead atoms. The Morgan fingerprint density at radius 2 is 1.70 bits per heavy atom. The highest BCUT2D eigenvalue weighted by molar-refractivity contribution is 7.71. The zero-order chi connectivity index (χ0) is 22.0. The third-order valence-electron chi connectivity index (χ3n) is 4.68. The third-order valence-corrected chi connectivity index (χ3v) is 5.02. The number of carbonyl (C=O) groups is 1. The molecule has 0 atom stereocenters. The summed E-state index contributed by atoms with van der Waals surface area (Å²) in [5.74, 6) is 0.449. The van der Waals surface area contributed by atoms with Crippen LogP contribution < -0.4 is 10.5 Å². The minimum atomic E-state index is -0.671. The number of aromatic nitrogens is 1. The van der Waals surface area contributed by atoms with E-state index in [0.29, 0.717) is 33.0 Å². The molecule has 0 fully saturated rings. The molecule has 0 amide bonds. The van der Waals surface area contributed by atoms with Gasteiger partial charge in [0.1, 0.15) is 23.6 Å². The first-order chi connectivity index (χ1) is 14.4. The lowest BCUT2D eigenvalue weighted by Crippen LogP contribution is -2.34. The van der Waals surface area contributed by atoms with Crippen LogP contribution in [0, 0.1) is 10.1 Å². The number of nitrogens with two attached hydrogens (primary N) is 1. The molecule has 30 heavy (non-hydrogen) atoms. The summed E-state index contributed by atoms with van der Waals surface area (Å²) in [7, 11) is 0. The van der Waals surface area contributed by atoms with Gasteiger partial charge in [0.25, 0.3) is 0 Å². The van der Waals surface area contributed by atoms with Crippen LogP contribution in [0.3, 0.4) is 0 Å². The van der Waals surface area contributed by atoms with Crippen LogP contribution in [0.4, 0.5) is 0 Å². The monoisotopic (exact) mass is 436 g/mol. The van der Waals surface area contributed by atoms with Crippen LogP contribution in [0.1, 0.15) is 20.8 Å². The van der Waals surface area contributed by atoms with Gasteiger partial charge in [-0.1, -0.05) is 24.4 Å². The highest BCUT2D eigenvalue weighted by Gasteiger charge is 2.27. The van der Waals surface area contributed by atoms with E-state index < -0.39 is 5.41 Å². The van der Waals surface area contributed by atoms with Crippen LogP contribution in [0.5, 0.6) is 5.75 Å². The van der Waals surface area contributed by atoms with Gasteiger partial charge in [-0.25, -0.2) is 0 Å². The molecule has 0 aliphatic rings. The van der Waals surface area contributed by atoms with Gasteiger partial charge in [-0.05, 0) is 32.9 Å². The smallest absolute Gasteiger partial charge is 0.312 e. The maximum Gasteiger partial charge on any atom is 0.312 e. The minimum absolute atomic E-state index is 0.202. The van der Waals surface area contributed by atoms with Gasteiger partial charge in [-0.15, -0.1) is 0 Å². The fourth-order valence-electron chi connectivity index (χ4n) is 2.75. The Hall–Kier alpha value is -2.00. The summed E-state index contributed by atoms with van der Waals surface area (Å²) in [5, 5.41) is 1.03. The zero-order valence-electron chi connectivity index (χ0n) is 18.0. The molecule has 0 aliphatic carbocycles. The van der Waals surface area contributed by atoms with E-state index in [4.69, 9.17) is 36.9 Å². The number of pyridine rings is 1. The number of ether oxygens (including phenoxy) is 4. The van der Waals surface area contributed by atoms with E-state index >= 15 is 0 Å². The standard InChI is InChI=1S/C22H32N2O5S/c1-4-24-18-8-6-5-7-17(18)19(15-20(24)30)28-13-11-26-9-10-27-12-14-29-21(25)22(2,3)16-23/h5-8,15H,4,9-14,16,23H2,1-3H3. The Kier molecular flexibility index (Phi) is 9.71. The average molecular weight is 437 g/mol. The highest BCUT2D eigenvalue weighted by Crippen LogP contribution is 2.26. The van der Waals surface area contributed by atoms with E-state index in [1.807, 2.05) is 30.3 Å². The van der Waals surface area contributed by atoms with Gasteiger partial charge in [0.05, 0.1) is 37.4 Å². The van der Waals surface area contributed by atoms with Crippen molar-refractivity contribution in [1.29, 1.82) is 0 Å². The molecule has 0 saturated carbocycles. The number of carbonyl (C=O) groups excluding carboxylic acids is 1. The first kappa shape index (κ1) is 24.3. The largest absolute Gasteiger partial charge is 0.490 e. The molecule has 2 aromatic rings. The minimum Gasteiger partial charge on any atom is -0.490 e. The van der Waals surface area contributed by atoms with Crippen molar-refractivity contribution in [2.75, 3.05) is 46.2 Å². The summed E-state index contributed by atoms with van der Waals surface area (Å²) < 4.78 is 24.8. The van der Waals surface area contributed by atoms with E-state index in [1.54, 1.807) is 13.8 Å². The summed E-state index contributed by atoms with van der Waals surface area (Å²) in [6.07, 6.45) is 0. The fourth-order valence-corrected chi connectivity index (χ4v) is 3.09. The predicted octanol–water partition coefficient (Wildman–Crippen LogP) is 3.33.